The van der Waals surface area contributed by atoms with E-state index in [9.17, 15) is 9.59 Å². The van der Waals surface area contributed by atoms with Crippen molar-refractivity contribution in [3.05, 3.63) is 78.4 Å². The fourth-order valence-corrected chi connectivity index (χ4v) is 2.80. The number of fused-ring (bicyclic) bond motifs is 1. The van der Waals surface area contributed by atoms with Crippen molar-refractivity contribution in [2.24, 2.45) is 0 Å². The number of benzene rings is 2. The van der Waals surface area contributed by atoms with E-state index in [4.69, 9.17) is 13.6 Å². The van der Waals surface area contributed by atoms with Crippen LogP contribution in [0.25, 0.3) is 11.0 Å². The largest absolute Gasteiger partial charge is 0.497 e. The monoisotopic (exact) mass is 376 g/mol. The molecule has 0 aliphatic carbocycles. The molecule has 0 aliphatic heterocycles. The van der Waals surface area contributed by atoms with Crippen LogP contribution in [0.3, 0.4) is 0 Å². The van der Waals surface area contributed by atoms with E-state index in [0.29, 0.717) is 22.4 Å². The summed E-state index contributed by atoms with van der Waals surface area (Å²) in [5.41, 5.74) is 1.29. The lowest BCUT2D eigenvalue weighted by atomic mass is 10.2. The number of anilines is 2. The first kappa shape index (κ1) is 17.4. The Hall–Kier alpha value is -4.00. The molecule has 2 amide bonds. The highest BCUT2D eigenvalue weighted by Gasteiger charge is 2.23. The van der Waals surface area contributed by atoms with Crippen LogP contribution in [-0.2, 0) is 0 Å². The minimum Gasteiger partial charge on any atom is -0.497 e. The maximum atomic E-state index is 12.9. The molecule has 2 N–H and O–H groups in total. The number of nitrogens with one attached hydrogen (secondary N) is 2. The first-order valence-electron chi connectivity index (χ1n) is 8.47. The van der Waals surface area contributed by atoms with Crippen LogP contribution in [-0.4, -0.2) is 18.9 Å². The van der Waals surface area contributed by atoms with Crippen LogP contribution in [0, 0.1) is 0 Å². The van der Waals surface area contributed by atoms with Gasteiger partial charge in [-0.25, -0.2) is 0 Å². The third kappa shape index (κ3) is 3.33. The summed E-state index contributed by atoms with van der Waals surface area (Å²) in [6, 6.07) is 17.1. The molecule has 7 heteroatoms. The van der Waals surface area contributed by atoms with Crippen molar-refractivity contribution in [2.45, 2.75) is 0 Å². The Morgan fingerprint density at radius 1 is 0.929 bits per heavy atom. The van der Waals surface area contributed by atoms with Crippen LogP contribution in [0.2, 0.25) is 0 Å². The summed E-state index contributed by atoms with van der Waals surface area (Å²) in [5.74, 6) is -0.256. The highest BCUT2D eigenvalue weighted by molar-refractivity contribution is 6.16. The molecule has 2 aromatic heterocycles. The van der Waals surface area contributed by atoms with E-state index in [1.54, 1.807) is 61.7 Å². The molecule has 0 unspecified atom stereocenters. The Balaban J connectivity index is 1.69. The molecule has 0 fully saturated rings. The number of hydrogen-bond donors (Lipinski definition) is 2. The van der Waals surface area contributed by atoms with Crippen LogP contribution in [0.4, 0.5) is 11.4 Å². The number of methoxy groups -OCH3 is 1. The number of ether oxygens (including phenoxy) is 1. The van der Waals surface area contributed by atoms with Gasteiger partial charge in [0, 0.05) is 17.1 Å². The van der Waals surface area contributed by atoms with Crippen molar-refractivity contribution < 1.29 is 23.2 Å². The normalized spacial score (nSPS) is 10.6. The van der Waals surface area contributed by atoms with Crippen molar-refractivity contribution in [1.29, 1.82) is 0 Å². The molecule has 0 saturated heterocycles. The minimum atomic E-state index is -0.501. The van der Waals surface area contributed by atoms with Gasteiger partial charge in [0.05, 0.1) is 13.4 Å². The van der Waals surface area contributed by atoms with E-state index in [2.05, 4.69) is 10.6 Å². The average molecular weight is 376 g/mol. The van der Waals surface area contributed by atoms with Crippen LogP contribution in [0.5, 0.6) is 5.75 Å². The van der Waals surface area contributed by atoms with Crippen LogP contribution < -0.4 is 15.4 Å². The number of hydrogen-bond acceptors (Lipinski definition) is 5. The topological polar surface area (TPSA) is 93.7 Å². The second kappa shape index (κ2) is 7.32. The van der Waals surface area contributed by atoms with Gasteiger partial charge in [0.2, 0.25) is 5.76 Å². The first-order valence-corrected chi connectivity index (χ1v) is 8.47. The zero-order valence-electron chi connectivity index (χ0n) is 14.9. The molecule has 2 aromatic carbocycles. The summed E-state index contributed by atoms with van der Waals surface area (Å²) in [6.45, 7) is 0. The van der Waals surface area contributed by atoms with Crippen molar-refractivity contribution in [1.82, 2.24) is 0 Å². The van der Waals surface area contributed by atoms with Gasteiger partial charge in [0.1, 0.15) is 17.0 Å². The average Bonchev–Trinajstić information content (AvgIpc) is 3.37. The van der Waals surface area contributed by atoms with Gasteiger partial charge in [0.25, 0.3) is 11.8 Å². The molecule has 4 aromatic rings. The van der Waals surface area contributed by atoms with E-state index >= 15 is 0 Å². The SMILES string of the molecule is COc1cccc(NC(=O)c2oc3ccccc3c2NC(=O)c2ccco2)c1. The third-order valence-corrected chi connectivity index (χ3v) is 4.11. The summed E-state index contributed by atoms with van der Waals surface area (Å²) in [7, 11) is 1.54. The Morgan fingerprint density at radius 3 is 2.57 bits per heavy atom. The number of para-hydroxylation sites is 1. The molecule has 0 atom stereocenters. The highest BCUT2D eigenvalue weighted by Crippen LogP contribution is 2.32. The predicted molar refractivity (Wildman–Crippen MR) is 104 cm³/mol. The zero-order chi connectivity index (χ0) is 19.5. The molecule has 7 nitrogen and oxygen atoms in total. The number of furan rings is 2. The molecule has 2 heterocycles. The summed E-state index contributed by atoms with van der Waals surface area (Å²) >= 11 is 0. The van der Waals surface area contributed by atoms with Crippen molar-refractivity contribution in [3.63, 3.8) is 0 Å². The lowest BCUT2D eigenvalue weighted by molar-refractivity contribution is 0.0996. The summed E-state index contributed by atoms with van der Waals surface area (Å²) in [4.78, 5) is 25.3. The first-order chi connectivity index (χ1) is 13.7. The molecule has 0 saturated carbocycles. The Labute approximate surface area is 159 Å². The second-order valence-electron chi connectivity index (χ2n) is 5.92. The van der Waals surface area contributed by atoms with E-state index in [1.807, 2.05) is 0 Å². The Bertz CT molecular complexity index is 1140. The fraction of sp³-hybridized carbons (Fsp3) is 0.0476. The summed E-state index contributed by atoms with van der Waals surface area (Å²) in [5, 5.41) is 6.08. The predicted octanol–water partition coefficient (Wildman–Crippen LogP) is 4.54. The Kier molecular flexibility index (Phi) is 4.55. The van der Waals surface area contributed by atoms with Gasteiger partial charge in [-0.1, -0.05) is 18.2 Å². The van der Waals surface area contributed by atoms with Gasteiger partial charge < -0.3 is 24.2 Å². The number of carbonyl (C=O) groups excluding carboxylic acids is 2. The molecular formula is C21H16N2O5. The van der Waals surface area contributed by atoms with E-state index < -0.39 is 11.8 Å². The van der Waals surface area contributed by atoms with Crippen molar-refractivity contribution in [2.75, 3.05) is 17.7 Å². The van der Waals surface area contributed by atoms with Crippen LogP contribution >= 0.6 is 0 Å². The minimum absolute atomic E-state index is 0.0103. The Morgan fingerprint density at radius 2 is 1.79 bits per heavy atom. The number of carbonyl (C=O) groups is 2. The van der Waals surface area contributed by atoms with Crippen LogP contribution in [0.1, 0.15) is 21.1 Å². The number of rotatable bonds is 5. The van der Waals surface area contributed by atoms with E-state index in [-0.39, 0.29) is 17.2 Å². The van der Waals surface area contributed by atoms with Gasteiger partial charge in [-0.05, 0) is 36.4 Å². The van der Waals surface area contributed by atoms with E-state index in [0.717, 1.165) is 0 Å². The lowest BCUT2D eigenvalue weighted by Crippen LogP contribution is -2.16. The molecular weight excluding hydrogens is 360 g/mol. The van der Waals surface area contributed by atoms with Gasteiger partial charge >= 0.3 is 0 Å². The second-order valence-corrected chi connectivity index (χ2v) is 5.92. The van der Waals surface area contributed by atoms with Gasteiger partial charge in [0.15, 0.2) is 5.76 Å². The maximum Gasteiger partial charge on any atom is 0.293 e. The maximum absolute atomic E-state index is 12.9. The van der Waals surface area contributed by atoms with Crippen molar-refractivity contribution in [3.8, 4) is 5.75 Å². The standard InChI is InChI=1S/C21H16N2O5/c1-26-14-7-4-6-13(12-14)22-21(25)19-18(15-8-2-3-9-16(15)28-19)23-20(24)17-10-5-11-27-17/h2-12H,1H3,(H,22,25)(H,23,24). The molecule has 0 aliphatic rings. The number of amides is 2. The summed E-state index contributed by atoms with van der Waals surface area (Å²) < 4.78 is 16.0. The quantitative estimate of drug-likeness (QED) is 0.533. The molecule has 140 valence electrons. The van der Waals surface area contributed by atoms with Gasteiger partial charge in [-0.3, -0.25) is 9.59 Å². The zero-order valence-corrected chi connectivity index (χ0v) is 14.9. The third-order valence-electron chi connectivity index (χ3n) is 4.11. The smallest absolute Gasteiger partial charge is 0.293 e. The van der Waals surface area contributed by atoms with E-state index in [1.165, 1.54) is 12.3 Å². The molecule has 4 rings (SSSR count). The molecule has 0 radical (unpaired) electrons. The summed E-state index contributed by atoms with van der Waals surface area (Å²) in [6.07, 6.45) is 1.40. The highest BCUT2D eigenvalue weighted by atomic mass is 16.5. The van der Waals surface area contributed by atoms with Gasteiger partial charge in [-0.15, -0.1) is 0 Å². The molecule has 0 spiro atoms. The lowest BCUT2D eigenvalue weighted by Gasteiger charge is -2.07. The van der Waals surface area contributed by atoms with Crippen molar-refractivity contribution >= 4 is 34.2 Å². The molecule has 28 heavy (non-hydrogen) atoms. The van der Waals surface area contributed by atoms with Gasteiger partial charge in [-0.2, -0.15) is 0 Å². The fourth-order valence-electron chi connectivity index (χ4n) is 2.80. The van der Waals surface area contributed by atoms with Crippen LogP contribution in [0.15, 0.2) is 75.8 Å². The molecule has 0 bridgehead atoms.